The van der Waals surface area contributed by atoms with Crippen molar-refractivity contribution in [3.8, 4) is 0 Å². The van der Waals surface area contributed by atoms with Crippen molar-refractivity contribution in [3.05, 3.63) is 18.0 Å². The monoisotopic (exact) mass is 303 g/mol. The molecule has 1 aromatic rings. The molecule has 5 rings (SSSR count). The van der Waals surface area contributed by atoms with E-state index in [-0.39, 0.29) is 12.2 Å². The second kappa shape index (κ2) is 4.79. The molecule has 0 spiro atoms. The van der Waals surface area contributed by atoms with Gasteiger partial charge < -0.3 is 9.84 Å². The van der Waals surface area contributed by atoms with Gasteiger partial charge in [0, 0.05) is 44.9 Å². The molecule has 4 aliphatic rings. The maximum Gasteiger partial charge on any atom is 0.103 e. The van der Waals surface area contributed by atoms with Crippen molar-refractivity contribution >= 4 is 0 Å². The molecule has 0 aromatic carbocycles. The highest BCUT2D eigenvalue weighted by atomic mass is 16.5. The normalized spacial score (nSPS) is 46.9. The van der Waals surface area contributed by atoms with Crippen LogP contribution < -0.4 is 0 Å². The Balaban J connectivity index is 1.35. The molecule has 0 amide bonds. The van der Waals surface area contributed by atoms with E-state index < -0.39 is 0 Å². The Kier molecular flexibility index (Phi) is 2.94. The lowest BCUT2D eigenvalue weighted by atomic mass is 9.88. The average Bonchev–Trinajstić information content (AvgIpc) is 3.22. The van der Waals surface area contributed by atoms with Crippen LogP contribution in [0.25, 0.3) is 0 Å². The van der Waals surface area contributed by atoms with E-state index in [1.165, 1.54) is 25.1 Å². The Morgan fingerprint density at radius 1 is 1.36 bits per heavy atom. The predicted octanol–water partition coefficient (Wildman–Crippen LogP) is 1.20. The zero-order chi connectivity index (χ0) is 14.8. The van der Waals surface area contributed by atoms with E-state index >= 15 is 0 Å². The Hall–Kier alpha value is -0.910. The molecular formula is C17H25N3O2. The molecule has 5 unspecified atom stereocenters. The summed E-state index contributed by atoms with van der Waals surface area (Å²) in [7, 11) is 2.00. The van der Waals surface area contributed by atoms with Crippen LogP contribution in [0.3, 0.4) is 0 Å². The van der Waals surface area contributed by atoms with Gasteiger partial charge in [-0.3, -0.25) is 9.58 Å². The Labute approximate surface area is 131 Å². The maximum atomic E-state index is 10.6. The van der Waals surface area contributed by atoms with Crippen molar-refractivity contribution in [2.24, 2.45) is 30.7 Å². The maximum absolute atomic E-state index is 10.6. The van der Waals surface area contributed by atoms with Gasteiger partial charge in [-0.25, -0.2) is 0 Å². The number of aryl methyl sites for hydroxylation is 1. The van der Waals surface area contributed by atoms with Crippen LogP contribution in [-0.2, 0) is 11.8 Å². The van der Waals surface area contributed by atoms with Crippen molar-refractivity contribution in [3.63, 3.8) is 0 Å². The number of hydrogen-bond acceptors (Lipinski definition) is 4. The van der Waals surface area contributed by atoms with Gasteiger partial charge in [-0.2, -0.15) is 5.10 Å². The van der Waals surface area contributed by atoms with Crippen LogP contribution >= 0.6 is 0 Å². The van der Waals surface area contributed by atoms with Gasteiger partial charge in [-0.05, 0) is 43.1 Å². The van der Waals surface area contributed by atoms with Gasteiger partial charge in [0.1, 0.15) is 6.10 Å². The summed E-state index contributed by atoms with van der Waals surface area (Å²) in [6.45, 7) is 3.10. The van der Waals surface area contributed by atoms with Crippen LogP contribution in [0.15, 0.2) is 12.3 Å². The molecule has 2 saturated carbocycles. The quantitative estimate of drug-likeness (QED) is 0.911. The van der Waals surface area contributed by atoms with Crippen molar-refractivity contribution in [1.82, 2.24) is 14.7 Å². The van der Waals surface area contributed by atoms with Crippen LogP contribution in [0.1, 0.15) is 31.1 Å². The molecule has 5 nitrogen and oxygen atoms in total. The summed E-state index contributed by atoms with van der Waals surface area (Å²) in [5.41, 5.74) is 1.19. The minimum atomic E-state index is -0.0822. The smallest absolute Gasteiger partial charge is 0.103 e. The van der Waals surface area contributed by atoms with Crippen LogP contribution in [-0.4, -0.2) is 51.6 Å². The number of aliphatic hydroxyl groups excluding tert-OH is 1. The van der Waals surface area contributed by atoms with E-state index in [2.05, 4.69) is 16.1 Å². The van der Waals surface area contributed by atoms with E-state index in [1.807, 2.05) is 17.9 Å². The van der Waals surface area contributed by atoms with Crippen molar-refractivity contribution in [1.29, 1.82) is 0 Å². The lowest BCUT2D eigenvalue weighted by Gasteiger charge is -2.31. The molecule has 4 fully saturated rings. The molecule has 22 heavy (non-hydrogen) atoms. The summed E-state index contributed by atoms with van der Waals surface area (Å²) in [4.78, 5) is 2.59. The van der Waals surface area contributed by atoms with E-state index in [4.69, 9.17) is 4.74 Å². The van der Waals surface area contributed by atoms with Crippen LogP contribution in [0.5, 0.6) is 0 Å². The summed E-state index contributed by atoms with van der Waals surface area (Å²) >= 11 is 0. The number of hydrogen-bond donors (Lipinski definition) is 1. The number of likely N-dealkylation sites (tertiary alicyclic amines) is 1. The molecular weight excluding hydrogens is 278 g/mol. The standard InChI is InChI=1S/C17H25N3O2/c1-19-14(2-4-18-19)17-10(3-5-22-17)8-20-9-12-6-11-7-13(12)15(20)16(11)21/h2,4,10-13,15-17,21H,3,5-9H2,1H3/t10-,11?,12?,13?,15?,16?,17+/m0/s1. The fraction of sp³-hybridized carbons (Fsp3) is 0.824. The second-order valence-corrected chi connectivity index (χ2v) is 7.81. The summed E-state index contributed by atoms with van der Waals surface area (Å²) in [5, 5.41) is 14.9. The highest BCUT2D eigenvalue weighted by molar-refractivity contribution is 5.12. The molecule has 2 saturated heterocycles. The number of ether oxygens (including phenoxy) is 1. The second-order valence-electron chi connectivity index (χ2n) is 7.81. The van der Waals surface area contributed by atoms with E-state index in [0.29, 0.717) is 17.9 Å². The van der Waals surface area contributed by atoms with E-state index in [9.17, 15) is 5.11 Å². The minimum absolute atomic E-state index is 0.0822. The topological polar surface area (TPSA) is 50.5 Å². The Morgan fingerprint density at radius 3 is 3.05 bits per heavy atom. The number of rotatable bonds is 3. The first-order chi connectivity index (χ1) is 10.7. The lowest BCUT2D eigenvalue weighted by molar-refractivity contribution is 0.0322. The van der Waals surface area contributed by atoms with Gasteiger partial charge in [-0.1, -0.05) is 0 Å². The first kappa shape index (κ1) is 13.5. The van der Waals surface area contributed by atoms with Gasteiger partial charge in [0.25, 0.3) is 0 Å². The van der Waals surface area contributed by atoms with Crippen LogP contribution in [0.4, 0.5) is 0 Å². The molecule has 0 radical (unpaired) electrons. The molecule has 7 atom stereocenters. The summed E-state index contributed by atoms with van der Waals surface area (Å²) in [6.07, 6.45) is 5.58. The first-order valence-electron chi connectivity index (χ1n) is 8.74. The third kappa shape index (κ3) is 1.79. The number of nitrogens with zero attached hydrogens (tertiary/aromatic N) is 3. The zero-order valence-electron chi connectivity index (χ0n) is 13.1. The molecule has 1 aromatic heterocycles. The van der Waals surface area contributed by atoms with Crippen molar-refractivity contribution < 1.29 is 9.84 Å². The van der Waals surface area contributed by atoms with Crippen LogP contribution in [0.2, 0.25) is 0 Å². The molecule has 3 heterocycles. The molecule has 5 heteroatoms. The fourth-order valence-corrected chi connectivity index (χ4v) is 5.86. The largest absolute Gasteiger partial charge is 0.391 e. The summed E-state index contributed by atoms with van der Waals surface area (Å²) < 4.78 is 7.97. The van der Waals surface area contributed by atoms with Crippen LogP contribution in [0, 0.1) is 23.7 Å². The SMILES string of the molecule is Cn1nccc1[C@@H]1OCC[C@H]1CN1CC2CC3CC2C1C3O. The molecule has 2 aliphatic heterocycles. The minimum Gasteiger partial charge on any atom is -0.391 e. The average molecular weight is 303 g/mol. The third-order valence-corrected chi connectivity index (χ3v) is 6.78. The van der Waals surface area contributed by atoms with Gasteiger partial charge in [0.15, 0.2) is 0 Å². The van der Waals surface area contributed by atoms with Crippen molar-refractivity contribution in [2.75, 3.05) is 19.7 Å². The fourth-order valence-electron chi connectivity index (χ4n) is 5.86. The van der Waals surface area contributed by atoms with E-state index in [1.54, 1.807) is 0 Å². The highest BCUT2D eigenvalue weighted by Crippen LogP contribution is 2.55. The molecule has 2 aliphatic carbocycles. The summed E-state index contributed by atoms with van der Waals surface area (Å²) in [5.74, 6) is 2.71. The van der Waals surface area contributed by atoms with Gasteiger partial charge in [-0.15, -0.1) is 0 Å². The Morgan fingerprint density at radius 2 is 2.27 bits per heavy atom. The van der Waals surface area contributed by atoms with E-state index in [0.717, 1.165) is 31.4 Å². The number of aliphatic hydroxyl groups is 1. The van der Waals surface area contributed by atoms with Gasteiger partial charge >= 0.3 is 0 Å². The lowest BCUT2D eigenvalue weighted by Crippen LogP contribution is -2.43. The first-order valence-corrected chi connectivity index (χ1v) is 8.74. The highest BCUT2D eigenvalue weighted by Gasteiger charge is 2.59. The third-order valence-electron chi connectivity index (χ3n) is 6.78. The number of aromatic nitrogens is 2. The zero-order valence-corrected chi connectivity index (χ0v) is 13.1. The predicted molar refractivity (Wildman–Crippen MR) is 81.1 cm³/mol. The van der Waals surface area contributed by atoms with Crippen molar-refractivity contribution in [2.45, 2.75) is 37.5 Å². The van der Waals surface area contributed by atoms with Gasteiger partial charge in [0.2, 0.25) is 0 Å². The molecule has 2 bridgehead atoms. The Bertz CT molecular complexity index is 572. The molecule has 1 N–H and O–H groups in total. The van der Waals surface area contributed by atoms with Gasteiger partial charge in [0.05, 0.1) is 11.8 Å². The number of fused-ring (bicyclic) bond motifs is 1. The molecule has 120 valence electrons. The summed E-state index contributed by atoms with van der Waals surface area (Å²) in [6, 6.07) is 2.51.